The maximum absolute atomic E-state index is 13.2. The lowest BCUT2D eigenvalue weighted by atomic mass is 10.0. The summed E-state index contributed by atoms with van der Waals surface area (Å²) < 4.78 is 13.2. The molecule has 106 valence electrons. The van der Waals surface area contributed by atoms with E-state index >= 15 is 0 Å². The summed E-state index contributed by atoms with van der Waals surface area (Å²) in [5, 5.41) is 3.27. The van der Waals surface area contributed by atoms with Crippen LogP contribution in [0.15, 0.2) is 24.3 Å². The monoisotopic (exact) mass is 266 g/mol. The van der Waals surface area contributed by atoms with Gasteiger partial charge in [0.2, 0.25) is 5.91 Å². The third kappa shape index (κ3) is 4.31. The highest BCUT2D eigenvalue weighted by atomic mass is 19.1. The first-order valence-electron chi connectivity index (χ1n) is 6.76. The van der Waals surface area contributed by atoms with Gasteiger partial charge < -0.3 is 4.90 Å². The number of hydrogen-bond acceptors (Lipinski definition) is 2. The molecule has 0 heterocycles. The predicted octanol–water partition coefficient (Wildman–Crippen LogP) is 2.73. The minimum absolute atomic E-state index is 0.0140. The zero-order chi connectivity index (χ0) is 14.4. The van der Waals surface area contributed by atoms with Gasteiger partial charge in [0, 0.05) is 19.6 Å². The molecule has 19 heavy (non-hydrogen) atoms. The highest BCUT2D eigenvalue weighted by Gasteiger charge is 2.20. The molecular weight excluding hydrogens is 243 g/mol. The van der Waals surface area contributed by atoms with Crippen LogP contribution in [0.1, 0.15) is 38.8 Å². The second-order valence-electron chi connectivity index (χ2n) is 4.76. The molecule has 0 spiro atoms. The number of nitrogens with zero attached hydrogens (tertiary/aromatic N) is 1. The number of nitrogens with one attached hydrogen (secondary N) is 1. The van der Waals surface area contributed by atoms with Crippen molar-refractivity contribution in [1.82, 2.24) is 10.2 Å². The van der Waals surface area contributed by atoms with Gasteiger partial charge in [-0.25, -0.2) is 4.39 Å². The fraction of sp³-hybridized carbons (Fsp3) is 0.533. The van der Waals surface area contributed by atoms with Gasteiger partial charge in [-0.3, -0.25) is 10.1 Å². The normalized spacial score (nSPS) is 13.9. The number of carbonyl (C=O) groups is 1. The van der Waals surface area contributed by atoms with E-state index in [1.807, 2.05) is 26.8 Å². The fourth-order valence-electron chi connectivity index (χ4n) is 2.03. The Bertz CT molecular complexity index is 422. The van der Waals surface area contributed by atoms with E-state index in [4.69, 9.17) is 0 Å². The minimum atomic E-state index is -0.279. The summed E-state index contributed by atoms with van der Waals surface area (Å²) in [6.45, 7) is 6.48. The molecule has 1 amide bonds. The lowest BCUT2D eigenvalue weighted by Crippen LogP contribution is -2.44. The van der Waals surface area contributed by atoms with Crippen molar-refractivity contribution >= 4 is 5.91 Å². The van der Waals surface area contributed by atoms with Crippen LogP contribution >= 0.6 is 0 Å². The third-order valence-electron chi connectivity index (χ3n) is 3.33. The van der Waals surface area contributed by atoms with Gasteiger partial charge in [0.25, 0.3) is 0 Å². The van der Waals surface area contributed by atoms with Crippen LogP contribution in [-0.2, 0) is 4.79 Å². The predicted molar refractivity (Wildman–Crippen MR) is 75.3 cm³/mol. The minimum Gasteiger partial charge on any atom is -0.345 e. The Kier molecular flexibility index (Phi) is 5.96. The fourth-order valence-corrected chi connectivity index (χ4v) is 2.03. The number of hydrogen-bond donors (Lipinski definition) is 1. The van der Waals surface area contributed by atoms with Crippen LogP contribution in [0.25, 0.3) is 0 Å². The van der Waals surface area contributed by atoms with E-state index in [-0.39, 0.29) is 23.8 Å². The molecule has 0 aliphatic rings. The van der Waals surface area contributed by atoms with Gasteiger partial charge in [0.1, 0.15) is 5.82 Å². The van der Waals surface area contributed by atoms with Crippen LogP contribution in [0.4, 0.5) is 4.39 Å². The zero-order valence-corrected chi connectivity index (χ0v) is 12.1. The average molecular weight is 266 g/mol. The molecule has 2 atom stereocenters. The molecule has 0 bridgehead atoms. The maximum Gasteiger partial charge on any atom is 0.239 e. The number of likely N-dealkylation sites (N-methyl/N-ethyl adjacent to an activating group) is 1. The molecule has 1 aromatic carbocycles. The first-order chi connectivity index (χ1) is 8.99. The van der Waals surface area contributed by atoms with Crippen LogP contribution < -0.4 is 5.32 Å². The molecule has 4 heteroatoms. The van der Waals surface area contributed by atoms with Crippen molar-refractivity contribution in [1.29, 1.82) is 0 Å². The summed E-state index contributed by atoms with van der Waals surface area (Å²) in [6.07, 6.45) is 0.802. The Labute approximate surface area is 114 Å². The third-order valence-corrected chi connectivity index (χ3v) is 3.33. The van der Waals surface area contributed by atoms with Crippen molar-refractivity contribution in [2.75, 3.05) is 13.6 Å². The van der Waals surface area contributed by atoms with Crippen molar-refractivity contribution in [2.45, 2.75) is 39.3 Å². The van der Waals surface area contributed by atoms with E-state index in [9.17, 15) is 9.18 Å². The maximum atomic E-state index is 13.2. The number of carbonyl (C=O) groups excluding carboxylic acids is 1. The summed E-state index contributed by atoms with van der Waals surface area (Å²) in [4.78, 5) is 13.7. The van der Waals surface area contributed by atoms with Crippen molar-refractivity contribution in [2.24, 2.45) is 0 Å². The summed E-state index contributed by atoms with van der Waals surface area (Å²) in [5.74, 6) is -0.195. The van der Waals surface area contributed by atoms with Gasteiger partial charge in [0.15, 0.2) is 0 Å². The van der Waals surface area contributed by atoms with Gasteiger partial charge in [-0.2, -0.15) is 0 Å². The second kappa shape index (κ2) is 7.24. The molecule has 0 radical (unpaired) electrons. The van der Waals surface area contributed by atoms with Gasteiger partial charge in [-0.15, -0.1) is 0 Å². The Morgan fingerprint density at radius 3 is 2.63 bits per heavy atom. The standard InChI is InChI=1S/C15H23FN2O/c1-5-14(12-8-7-9-13(16)10-12)17-11(3)15(19)18(4)6-2/h7-11,14,17H,5-6H2,1-4H3. The van der Waals surface area contributed by atoms with E-state index in [0.29, 0.717) is 6.54 Å². The molecule has 1 rings (SSSR count). The molecule has 0 fully saturated rings. The SMILES string of the molecule is CCC(NC(C)C(=O)N(C)CC)c1cccc(F)c1. The number of rotatable bonds is 6. The molecule has 1 aromatic rings. The van der Waals surface area contributed by atoms with Crippen molar-refractivity contribution < 1.29 is 9.18 Å². The summed E-state index contributed by atoms with van der Waals surface area (Å²) in [7, 11) is 1.78. The van der Waals surface area contributed by atoms with Crippen molar-refractivity contribution in [3.63, 3.8) is 0 Å². The molecule has 3 nitrogen and oxygen atoms in total. The molecule has 2 unspecified atom stereocenters. The smallest absolute Gasteiger partial charge is 0.239 e. The first kappa shape index (κ1) is 15.6. The second-order valence-corrected chi connectivity index (χ2v) is 4.76. The largest absolute Gasteiger partial charge is 0.345 e. The number of benzene rings is 1. The van der Waals surface area contributed by atoms with Crippen LogP contribution in [0.5, 0.6) is 0 Å². The molecular formula is C15H23FN2O. The van der Waals surface area contributed by atoms with Crippen LogP contribution in [0, 0.1) is 5.82 Å². The summed E-state index contributed by atoms with van der Waals surface area (Å²) >= 11 is 0. The zero-order valence-electron chi connectivity index (χ0n) is 12.1. The van der Waals surface area contributed by atoms with Crippen LogP contribution in [-0.4, -0.2) is 30.4 Å². The molecule has 0 aliphatic carbocycles. The molecule has 1 N–H and O–H groups in total. The Hall–Kier alpha value is -1.42. The molecule has 0 saturated heterocycles. The van der Waals surface area contributed by atoms with Gasteiger partial charge in [0.05, 0.1) is 6.04 Å². The van der Waals surface area contributed by atoms with Crippen LogP contribution in [0.3, 0.4) is 0 Å². The topological polar surface area (TPSA) is 32.3 Å². The van der Waals surface area contributed by atoms with Gasteiger partial charge in [-0.1, -0.05) is 19.1 Å². The van der Waals surface area contributed by atoms with E-state index < -0.39 is 0 Å². The number of halogens is 1. The van der Waals surface area contributed by atoms with E-state index in [2.05, 4.69) is 5.32 Å². The van der Waals surface area contributed by atoms with Crippen molar-refractivity contribution in [3.8, 4) is 0 Å². The van der Waals surface area contributed by atoms with Crippen LogP contribution in [0.2, 0.25) is 0 Å². The van der Waals surface area contributed by atoms with E-state index in [1.54, 1.807) is 18.0 Å². The highest BCUT2D eigenvalue weighted by molar-refractivity contribution is 5.81. The van der Waals surface area contributed by atoms with Crippen molar-refractivity contribution in [3.05, 3.63) is 35.6 Å². The molecule has 0 aliphatic heterocycles. The lowest BCUT2D eigenvalue weighted by Gasteiger charge is -2.25. The number of amides is 1. The van der Waals surface area contributed by atoms with Gasteiger partial charge >= 0.3 is 0 Å². The molecule has 0 aromatic heterocycles. The lowest BCUT2D eigenvalue weighted by molar-refractivity contribution is -0.131. The summed E-state index contributed by atoms with van der Waals surface area (Å²) in [6, 6.07) is 6.22. The Balaban J connectivity index is 2.74. The highest BCUT2D eigenvalue weighted by Crippen LogP contribution is 2.18. The molecule has 0 saturated carbocycles. The quantitative estimate of drug-likeness (QED) is 0.858. The average Bonchev–Trinajstić information content (AvgIpc) is 2.42. The first-order valence-corrected chi connectivity index (χ1v) is 6.76. The van der Waals surface area contributed by atoms with Gasteiger partial charge in [-0.05, 0) is 38.0 Å². The van der Waals surface area contributed by atoms with E-state index in [0.717, 1.165) is 12.0 Å². The Morgan fingerprint density at radius 2 is 2.11 bits per heavy atom. The Morgan fingerprint density at radius 1 is 1.42 bits per heavy atom. The summed E-state index contributed by atoms with van der Waals surface area (Å²) in [5.41, 5.74) is 0.876. The van der Waals surface area contributed by atoms with E-state index in [1.165, 1.54) is 12.1 Å².